The molecule has 0 spiro atoms. The van der Waals surface area contributed by atoms with Gasteiger partial charge in [-0.05, 0) is 25.8 Å². The lowest BCUT2D eigenvalue weighted by Crippen LogP contribution is -2.48. The number of amides is 1. The van der Waals surface area contributed by atoms with Crippen molar-refractivity contribution in [3.8, 4) is 0 Å². The van der Waals surface area contributed by atoms with Gasteiger partial charge in [0.15, 0.2) is 0 Å². The van der Waals surface area contributed by atoms with Crippen LogP contribution in [-0.2, 0) is 4.79 Å². The summed E-state index contributed by atoms with van der Waals surface area (Å²) in [7, 11) is 0. The Morgan fingerprint density at radius 1 is 1.06 bits per heavy atom. The molecule has 3 fully saturated rings. The van der Waals surface area contributed by atoms with Crippen molar-refractivity contribution in [2.75, 3.05) is 39.3 Å². The van der Waals surface area contributed by atoms with Crippen LogP contribution in [0.25, 0.3) is 0 Å². The highest BCUT2D eigenvalue weighted by Gasteiger charge is 2.38. The molecule has 1 saturated carbocycles. The van der Waals surface area contributed by atoms with Gasteiger partial charge in [0.25, 0.3) is 0 Å². The van der Waals surface area contributed by atoms with Gasteiger partial charge in [-0.3, -0.25) is 9.69 Å². The minimum absolute atomic E-state index is 0.290. The summed E-state index contributed by atoms with van der Waals surface area (Å²) < 4.78 is 0. The zero-order valence-corrected chi connectivity index (χ0v) is 9.82. The zero-order chi connectivity index (χ0) is 11.0. The van der Waals surface area contributed by atoms with E-state index in [-0.39, 0.29) is 0 Å². The molecule has 2 heterocycles. The molecule has 4 nitrogen and oxygen atoms in total. The lowest BCUT2D eigenvalue weighted by molar-refractivity contribution is -0.135. The minimum atomic E-state index is 0.290. The van der Waals surface area contributed by atoms with Crippen LogP contribution in [-0.4, -0.2) is 61.0 Å². The molecule has 16 heavy (non-hydrogen) atoms. The van der Waals surface area contributed by atoms with Crippen molar-refractivity contribution in [2.24, 2.45) is 5.92 Å². The normalized spacial score (nSPS) is 32.0. The summed E-state index contributed by atoms with van der Waals surface area (Å²) in [6, 6.07) is 0.820. The standard InChI is InChI=1S/C12H21N3O/c16-12(14-7-4-13-5-8-14)10-3-6-15(9-10)11-1-2-11/h10-11,13H,1-9H2. The molecule has 3 aliphatic rings. The maximum Gasteiger partial charge on any atom is 0.227 e. The van der Waals surface area contributed by atoms with Crippen molar-refractivity contribution in [1.29, 1.82) is 0 Å². The number of nitrogens with zero attached hydrogens (tertiary/aromatic N) is 2. The van der Waals surface area contributed by atoms with Gasteiger partial charge < -0.3 is 10.2 Å². The average Bonchev–Trinajstić information content (AvgIpc) is 3.08. The first-order chi connectivity index (χ1) is 7.84. The maximum atomic E-state index is 12.3. The third-order valence-corrected chi connectivity index (χ3v) is 4.06. The van der Waals surface area contributed by atoms with Crippen molar-refractivity contribution < 1.29 is 4.79 Å². The fraction of sp³-hybridized carbons (Fsp3) is 0.917. The number of likely N-dealkylation sites (tertiary alicyclic amines) is 1. The van der Waals surface area contributed by atoms with Crippen LogP contribution < -0.4 is 5.32 Å². The molecule has 1 aliphatic carbocycles. The number of carbonyl (C=O) groups excluding carboxylic acids is 1. The first-order valence-electron chi connectivity index (χ1n) is 6.58. The Balaban J connectivity index is 1.54. The number of hydrogen-bond donors (Lipinski definition) is 1. The SMILES string of the molecule is O=C(C1CCN(C2CC2)C1)N1CCNCC1. The second-order valence-electron chi connectivity index (χ2n) is 5.29. The summed E-state index contributed by atoms with van der Waals surface area (Å²) in [5, 5.41) is 3.29. The van der Waals surface area contributed by atoms with Crippen LogP contribution >= 0.6 is 0 Å². The van der Waals surface area contributed by atoms with Crippen molar-refractivity contribution in [2.45, 2.75) is 25.3 Å². The Labute approximate surface area is 97.0 Å². The second kappa shape index (κ2) is 4.34. The van der Waals surface area contributed by atoms with E-state index in [9.17, 15) is 4.79 Å². The second-order valence-corrected chi connectivity index (χ2v) is 5.29. The maximum absolute atomic E-state index is 12.3. The van der Waals surface area contributed by atoms with Crippen molar-refractivity contribution in [3.05, 3.63) is 0 Å². The van der Waals surface area contributed by atoms with Crippen LogP contribution in [0, 0.1) is 5.92 Å². The molecule has 0 aromatic heterocycles. The average molecular weight is 223 g/mol. The topological polar surface area (TPSA) is 35.6 Å². The highest BCUT2D eigenvalue weighted by atomic mass is 16.2. The molecule has 3 rings (SSSR count). The van der Waals surface area contributed by atoms with Gasteiger partial charge in [0.2, 0.25) is 5.91 Å². The summed E-state index contributed by atoms with van der Waals surface area (Å²) in [6.45, 7) is 5.90. The summed E-state index contributed by atoms with van der Waals surface area (Å²) in [5.74, 6) is 0.698. The Hall–Kier alpha value is -0.610. The van der Waals surface area contributed by atoms with Gasteiger partial charge in [0.05, 0.1) is 5.92 Å². The highest BCUT2D eigenvalue weighted by molar-refractivity contribution is 5.79. The van der Waals surface area contributed by atoms with Crippen molar-refractivity contribution in [1.82, 2.24) is 15.1 Å². The van der Waals surface area contributed by atoms with E-state index >= 15 is 0 Å². The molecule has 2 aliphatic heterocycles. The Morgan fingerprint density at radius 3 is 2.50 bits per heavy atom. The fourth-order valence-corrected chi connectivity index (χ4v) is 2.90. The molecular formula is C12H21N3O. The summed E-state index contributed by atoms with van der Waals surface area (Å²) >= 11 is 0. The molecule has 1 N–H and O–H groups in total. The molecule has 0 aromatic rings. The smallest absolute Gasteiger partial charge is 0.227 e. The number of nitrogens with one attached hydrogen (secondary N) is 1. The van der Waals surface area contributed by atoms with Gasteiger partial charge in [-0.1, -0.05) is 0 Å². The van der Waals surface area contributed by atoms with Crippen LogP contribution in [0.1, 0.15) is 19.3 Å². The number of rotatable bonds is 2. The first-order valence-corrected chi connectivity index (χ1v) is 6.58. The van der Waals surface area contributed by atoms with Gasteiger partial charge >= 0.3 is 0 Å². The summed E-state index contributed by atoms with van der Waals surface area (Å²) in [5.41, 5.74) is 0. The molecule has 1 atom stereocenters. The van der Waals surface area contributed by atoms with Crippen LogP contribution in [0.15, 0.2) is 0 Å². The van der Waals surface area contributed by atoms with Crippen molar-refractivity contribution in [3.63, 3.8) is 0 Å². The molecule has 4 heteroatoms. The monoisotopic (exact) mass is 223 g/mol. The van der Waals surface area contributed by atoms with Crippen LogP contribution in [0.5, 0.6) is 0 Å². The quantitative estimate of drug-likeness (QED) is 0.710. The van der Waals surface area contributed by atoms with E-state index in [1.54, 1.807) is 0 Å². The fourth-order valence-electron chi connectivity index (χ4n) is 2.90. The molecule has 0 aromatic carbocycles. The van der Waals surface area contributed by atoms with E-state index in [0.29, 0.717) is 11.8 Å². The lowest BCUT2D eigenvalue weighted by atomic mass is 10.1. The Bertz CT molecular complexity index is 271. The van der Waals surface area contributed by atoms with Gasteiger partial charge in [-0.25, -0.2) is 0 Å². The Kier molecular flexibility index (Phi) is 2.86. The van der Waals surface area contributed by atoms with E-state index in [1.807, 2.05) is 0 Å². The summed E-state index contributed by atoms with van der Waals surface area (Å²) in [6.07, 6.45) is 3.79. The predicted molar refractivity (Wildman–Crippen MR) is 62.2 cm³/mol. The molecular weight excluding hydrogens is 202 g/mol. The largest absolute Gasteiger partial charge is 0.340 e. The minimum Gasteiger partial charge on any atom is -0.340 e. The lowest BCUT2D eigenvalue weighted by Gasteiger charge is -2.29. The molecule has 2 saturated heterocycles. The van der Waals surface area contributed by atoms with Gasteiger partial charge in [-0.15, -0.1) is 0 Å². The predicted octanol–water partition coefficient (Wildman–Crippen LogP) is -0.0975. The third kappa shape index (κ3) is 2.09. The molecule has 0 radical (unpaired) electrons. The van der Waals surface area contributed by atoms with E-state index < -0.39 is 0 Å². The van der Waals surface area contributed by atoms with E-state index in [0.717, 1.165) is 51.7 Å². The van der Waals surface area contributed by atoms with E-state index in [4.69, 9.17) is 0 Å². The zero-order valence-electron chi connectivity index (χ0n) is 9.82. The molecule has 90 valence electrons. The van der Waals surface area contributed by atoms with Crippen LogP contribution in [0.3, 0.4) is 0 Å². The molecule has 1 amide bonds. The van der Waals surface area contributed by atoms with E-state index in [2.05, 4.69) is 15.1 Å². The third-order valence-electron chi connectivity index (χ3n) is 4.06. The Morgan fingerprint density at radius 2 is 1.81 bits per heavy atom. The van der Waals surface area contributed by atoms with Crippen LogP contribution in [0.4, 0.5) is 0 Å². The van der Waals surface area contributed by atoms with Crippen LogP contribution in [0.2, 0.25) is 0 Å². The van der Waals surface area contributed by atoms with E-state index in [1.165, 1.54) is 12.8 Å². The van der Waals surface area contributed by atoms with Gasteiger partial charge in [0.1, 0.15) is 0 Å². The number of carbonyl (C=O) groups is 1. The summed E-state index contributed by atoms with van der Waals surface area (Å²) in [4.78, 5) is 16.8. The van der Waals surface area contributed by atoms with Gasteiger partial charge in [-0.2, -0.15) is 0 Å². The molecule has 0 bridgehead atoms. The highest BCUT2D eigenvalue weighted by Crippen LogP contribution is 2.32. The first kappa shape index (κ1) is 10.5. The number of hydrogen-bond acceptors (Lipinski definition) is 3. The van der Waals surface area contributed by atoms with Crippen molar-refractivity contribution >= 4 is 5.91 Å². The number of piperazine rings is 1. The molecule has 1 unspecified atom stereocenters. The van der Waals surface area contributed by atoms with Gasteiger partial charge in [0, 0.05) is 38.8 Å².